The lowest BCUT2D eigenvalue weighted by Crippen LogP contribution is -2.19. The molecule has 0 aliphatic carbocycles. The van der Waals surface area contributed by atoms with Crippen molar-refractivity contribution in [3.63, 3.8) is 0 Å². The van der Waals surface area contributed by atoms with E-state index < -0.39 is 0 Å². The molecule has 0 radical (unpaired) electrons. The van der Waals surface area contributed by atoms with Crippen LogP contribution >= 0.6 is 11.6 Å². The van der Waals surface area contributed by atoms with Crippen molar-refractivity contribution in [1.82, 2.24) is 4.90 Å². The second kappa shape index (κ2) is 8.77. The van der Waals surface area contributed by atoms with Crippen LogP contribution in [0.4, 0.5) is 5.69 Å². The van der Waals surface area contributed by atoms with Gasteiger partial charge in [0.15, 0.2) is 0 Å². The largest absolute Gasteiger partial charge is 0.492 e. The molecule has 0 aliphatic rings. The van der Waals surface area contributed by atoms with Gasteiger partial charge in [-0.05, 0) is 44.8 Å². The molecule has 0 saturated carbocycles. The molecule has 1 rings (SSSR count). The van der Waals surface area contributed by atoms with Gasteiger partial charge in [-0.3, -0.25) is 4.79 Å². The first-order chi connectivity index (χ1) is 9.11. The maximum Gasteiger partial charge on any atom is 0.224 e. The molecule has 106 valence electrons. The van der Waals surface area contributed by atoms with E-state index in [0.717, 1.165) is 18.0 Å². The smallest absolute Gasteiger partial charge is 0.224 e. The minimum atomic E-state index is -0.0121. The van der Waals surface area contributed by atoms with Crippen molar-refractivity contribution in [2.75, 3.05) is 38.4 Å². The van der Waals surface area contributed by atoms with E-state index in [4.69, 9.17) is 16.3 Å². The summed E-state index contributed by atoms with van der Waals surface area (Å²) in [5.41, 5.74) is 0.777. The molecule has 0 aromatic heterocycles. The van der Waals surface area contributed by atoms with Gasteiger partial charge < -0.3 is 15.0 Å². The van der Waals surface area contributed by atoms with Gasteiger partial charge in [-0.25, -0.2) is 0 Å². The SMILES string of the molecule is CN(C)CCOc1ccc(NC(=O)CCCCl)cc1. The van der Waals surface area contributed by atoms with E-state index in [-0.39, 0.29) is 5.91 Å². The average molecular weight is 285 g/mol. The number of nitrogens with one attached hydrogen (secondary N) is 1. The van der Waals surface area contributed by atoms with Gasteiger partial charge in [0.05, 0.1) is 0 Å². The zero-order chi connectivity index (χ0) is 14.1. The number of benzene rings is 1. The fraction of sp³-hybridized carbons (Fsp3) is 0.500. The van der Waals surface area contributed by atoms with E-state index in [1.54, 1.807) is 0 Å². The van der Waals surface area contributed by atoms with Gasteiger partial charge in [0.2, 0.25) is 5.91 Å². The second-order valence-corrected chi connectivity index (χ2v) is 4.89. The number of carbonyl (C=O) groups is 1. The zero-order valence-corrected chi connectivity index (χ0v) is 12.2. The Bertz CT molecular complexity index is 380. The summed E-state index contributed by atoms with van der Waals surface area (Å²) in [6, 6.07) is 7.38. The van der Waals surface area contributed by atoms with E-state index in [1.165, 1.54) is 0 Å². The molecule has 0 heterocycles. The number of hydrogen-bond donors (Lipinski definition) is 1. The molecule has 4 nitrogen and oxygen atoms in total. The van der Waals surface area contributed by atoms with Crippen LogP contribution in [-0.2, 0) is 4.79 Å². The van der Waals surface area contributed by atoms with Crippen molar-refractivity contribution >= 4 is 23.2 Å². The molecule has 1 aromatic carbocycles. The Morgan fingerprint density at radius 1 is 1.32 bits per heavy atom. The maximum absolute atomic E-state index is 11.5. The van der Waals surface area contributed by atoms with E-state index in [9.17, 15) is 4.79 Å². The van der Waals surface area contributed by atoms with Gasteiger partial charge in [0.25, 0.3) is 0 Å². The molecule has 0 spiro atoms. The van der Waals surface area contributed by atoms with E-state index in [2.05, 4.69) is 10.2 Å². The Balaban J connectivity index is 2.36. The molecule has 0 aliphatic heterocycles. The maximum atomic E-state index is 11.5. The summed E-state index contributed by atoms with van der Waals surface area (Å²) in [5.74, 6) is 1.30. The lowest BCUT2D eigenvalue weighted by molar-refractivity contribution is -0.116. The van der Waals surface area contributed by atoms with Crippen LogP contribution in [0.5, 0.6) is 5.75 Å². The molecule has 1 aromatic rings. The highest BCUT2D eigenvalue weighted by molar-refractivity contribution is 6.18. The molecule has 0 fully saturated rings. The molecule has 0 atom stereocenters. The molecule has 1 amide bonds. The predicted octanol–water partition coefficient (Wildman–Crippen LogP) is 2.58. The van der Waals surface area contributed by atoms with Crippen LogP contribution in [0.2, 0.25) is 0 Å². The number of anilines is 1. The van der Waals surface area contributed by atoms with Gasteiger partial charge in [-0.2, -0.15) is 0 Å². The van der Waals surface area contributed by atoms with Crippen molar-refractivity contribution in [2.45, 2.75) is 12.8 Å². The highest BCUT2D eigenvalue weighted by atomic mass is 35.5. The third-order valence-corrected chi connectivity index (χ3v) is 2.75. The van der Waals surface area contributed by atoms with Crippen molar-refractivity contribution in [3.05, 3.63) is 24.3 Å². The van der Waals surface area contributed by atoms with Gasteiger partial charge in [-0.1, -0.05) is 0 Å². The first-order valence-electron chi connectivity index (χ1n) is 6.35. The number of nitrogens with zero attached hydrogens (tertiary/aromatic N) is 1. The molecule has 0 bridgehead atoms. The van der Waals surface area contributed by atoms with Crippen LogP contribution in [0, 0.1) is 0 Å². The van der Waals surface area contributed by atoms with Crippen molar-refractivity contribution in [3.8, 4) is 5.75 Å². The van der Waals surface area contributed by atoms with Crippen LogP contribution in [-0.4, -0.2) is 43.9 Å². The molecule has 19 heavy (non-hydrogen) atoms. The summed E-state index contributed by atoms with van der Waals surface area (Å²) < 4.78 is 5.57. The average Bonchev–Trinajstić information content (AvgIpc) is 2.38. The lowest BCUT2D eigenvalue weighted by atomic mass is 10.2. The molecule has 0 saturated heterocycles. The number of halogens is 1. The summed E-state index contributed by atoms with van der Waals surface area (Å²) in [6.45, 7) is 1.52. The Morgan fingerprint density at radius 2 is 2.00 bits per heavy atom. The summed E-state index contributed by atoms with van der Waals surface area (Å²) in [7, 11) is 4.01. The van der Waals surface area contributed by atoms with Crippen LogP contribution in [0.15, 0.2) is 24.3 Å². The van der Waals surface area contributed by atoms with Gasteiger partial charge in [-0.15, -0.1) is 11.6 Å². The molecule has 5 heteroatoms. The van der Waals surface area contributed by atoms with E-state index >= 15 is 0 Å². The number of rotatable bonds is 8. The topological polar surface area (TPSA) is 41.6 Å². The first kappa shape index (κ1) is 15.8. The summed E-state index contributed by atoms with van der Waals surface area (Å²) in [6.07, 6.45) is 1.14. The van der Waals surface area contributed by atoms with E-state index in [0.29, 0.717) is 25.3 Å². The van der Waals surface area contributed by atoms with Crippen LogP contribution in [0.3, 0.4) is 0 Å². The first-order valence-corrected chi connectivity index (χ1v) is 6.88. The normalized spacial score (nSPS) is 10.5. The fourth-order valence-corrected chi connectivity index (χ4v) is 1.57. The monoisotopic (exact) mass is 284 g/mol. The standard InChI is InChI=1S/C14H21ClN2O2/c1-17(2)10-11-19-13-7-5-12(6-8-13)16-14(18)4-3-9-15/h5-8H,3-4,9-11H2,1-2H3,(H,16,18). The Labute approximate surface area is 119 Å². The van der Waals surface area contributed by atoms with Gasteiger partial charge in [0.1, 0.15) is 12.4 Å². The quantitative estimate of drug-likeness (QED) is 0.746. The molecular formula is C14H21ClN2O2. The number of amides is 1. The fourth-order valence-electron chi connectivity index (χ4n) is 1.43. The van der Waals surface area contributed by atoms with Crippen LogP contribution in [0.25, 0.3) is 0 Å². The zero-order valence-electron chi connectivity index (χ0n) is 11.5. The molecule has 1 N–H and O–H groups in total. The van der Waals surface area contributed by atoms with Crippen LogP contribution < -0.4 is 10.1 Å². The minimum Gasteiger partial charge on any atom is -0.492 e. The van der Waals surface area contributed by atoms with Crippen LogP contribution in [0.1, 0.15) is 12.8 Å². The second-order valence-electron chi connectivity index (χ2n) is 4.52. The number of likely N-dealkylation sites (N-methyl/N-ethyl adjacent to an activating group) is 1. The minimum absolute atomic E-state index is 0.0121. The highest BCUT2D eigenvalue weighted by Gasteiger charge is 2.02. The van der Waals surface area contributed by atoms with Crippen molar-refractivity contribution < 1.29 is 9.53 Å². The molecule has 0 unspecified atom stereocenters. The highest BCUT2D eigenvalue weighted by Crippen LogP contribution is 2.16. The predicted molar refractivity (Wildman–Crippen MR) is 79.1 cm³/mol. The molecular weight excluding hydrogens is 264 g/mol. The van der Waals surface area contributed by atoms with E-state index in [1.807, 2.05) is 38.4 Å². The van der Waals surface area contributed by atoms with Crippen molar-refractivity contribution in [1.29, 1.82) is 0 Å². The van der Waals surface area contributed by atoms with Gasteiger partial charge in [0, 0.05) is 24.5 Å². The number of hydrogen-bond acceptors (Lipinski definition) is 3. The lowest BCUT2D eigenvalue weighted by Gasteiger charge is -2.11. The summed E-state index contributed by atoms with van der Waals surface area (Å²) >= 11 is 5.54. The number of alkyl halides is 1. The number of ether oxygens (including phenoxy) is 1. The summed E-state index contributed by atoms with van der Waals surface area (Å²) in [5, 5.41) is 2.82. The number of carbonyl (C=O) groups excluding carboxylic acids is 1. The Kier molecular flexibility index (Phi) is 7.30. The van der Waals surface area contributed by atoms with Crippen molar-refractivity contribution in [2.24, 2.45) is 0 Å². The Hall–Kier alpha value is -1.26. The van der Waals surface area contributed by atoms with Gasteiger partial charge >= 0.3 is 0 Å². The Morgan fingerprint density at radius 3 is 2.58 bits per heavy atom. The third-order valence-electron chi connectivity index (χ3n) is 2.48. The third kappa shape index (κ3) is 7.03. The summed E-state index contributed by atoms with van der Waals surface area (Å²) in [4.78, 5) is 13.6.